The average Bonchev–Trinajstić information content (AvgIpc) is 2.56. The van der Waals surface area contributed by atoms with Crippen LogP contribution < -0.4 is 15.8 Å². The van der Waals surface area contributed by atoms with Crippen molar-refractivity contribution in [3.8, 4) is 5.75 Å². The fourth-order valence-electron chi connectivity index (χ4n) is 2.02. The summed E-state index contributed by atoms with van der Waals surface area (Å²) in [5.74, 6) is -0.200. The molecule has 0 atom stereocenters. The van der Waals surface area contributed by atoms with Gasteiger partial charge in [-0.15, -0.1) is 0 Å². The van der Waals surface area contributed by atoms with Crippen LogP contribution in [-0.2, 0) is 0 Å². The molecule has 0 radical (unpaired) electrons. The SMILES string of the molecule is CCCCOc1ccccc1C(=O)Nc1ccc(C(N)=O)cc1. The van der Waals surface area contributed by atoms with E-state index in [1.165, 1.54) is 0 Å². The van der Waals surface area contributed by atoms with Crippen molar-refractivity contribution in [3.63, 3.8) is 0 Å². The number of para-hydroxylation sites is 1. The molecule has 0 bridgehead atoms. The van der Waals surface area contributed by atoms with Crippen LogP contribution in [0.5, 0.6) is 5.75 Å². The van der Waals surface area contributed by atoms with E-state index in [4.69, 9.17) is 10.5 Å². The fourth-order valence-corrected chi connectivity index (χ4v) is 2.02. The second kappa shape index (κ2) is 7.98. The Kier molecular flexibility index (Phi) is 5.74. The lowest BCUT2D eigenvalue weighted by molar-refractivity contribution is 0.0997. The molecule has 0 saturated carbocycles. The predicted octanol–water partition coefficient (Wildman–Crippen LogP) is 3.22. The lowest BCUT2D eigenvalue weighted by atomic mass is 10.1. The molecule has 0 saturated heterocycles. The molecule has 2 rings (SSSR count). The van der Waals surface area contributed by atoms with E-state index >= 15 is 0 Å². The van der Waals surface area contributed by atoms with E-state index in [9.17, 15) is 9.59 Å². The summed E-state index contributed by atoms with van der Waals surface area (Å²) in [7, 11) is 0. The molecule has 2 aromatic carbocycles. The molecule has 0 spiro atoms. The Morgan fingerprint density at radius 3 is 2.43 bits per heavy atom. The molecule has 120 valence electrons. The van der Waals surface area contributed by atoms with E-state index in [0.717, 1.165) is 12.8 Å². The van der Waals surface area contributed by atoms with Crippen LogP contribution in [0.3, 0.4) is 0 Å². The van der Waals surface area contributed by atoms with E-state index in [-0.39, 0.29) is 5.91 Å². The van der Waals surface area contributed by atoms with Crippen molar-refractivity contribution in [1.29, 1.82) is 0 Å². The number of benzene rings is 2. The number of ether oxygens (including phenoxy) is 1. The number of carbonyl (C=O) groups excluding carboxylic acids is 2. The van der Waals surface area contributed by atoms with Crippen LogP contribution in [0.2, 0.25) is 0 Å². The Balaban J connectivity index is 2.09. The first kappa shape index (κ1) is 16.5. The Hall–Kier alpha value is -2.82. The molecule has 0 aliphatic rings. The number of hydrogen-bond acceptors (Lipinski definition) is 3. The van der Waals surface area contributed by atoms with Gasteiger partial charge in [-0.2, -0.15) is 0 Å². The number of primary amides is 1. The number of unbranched alkanes of at least 4 members (excludes halogenated alkanes) is 1. The minimum absolute atomic E-state index is 0.260. The predicted molar refractivity (Wildman–Crippen MR) is 89.8 cm³/mol. The zero-order chi connectivity index (χ0) is 16.7. The monoisotopic (exact) mass is 312 g/mol. The van der Waals surface area contributed by atoms with Crippen molar-refractivity contribution in [2.45, 2.75) is 19.8 Å². The topological polar surface area (TPSA) is 81.4 Å². The largest absolute Gasteiger partial charge is 0.493 e. The van der Waals surface area contributed by atoms with E-state index in [0.29, 0.717) is 29.2 Å². The molecule has 0 unspecified atom stereocenters. The van der Waals surface area contributed by atoms with Gasteiger partial charge in [0.1, 0.15) is 5.75 Å². The normalized spacial score (nSPS) is 10.1. The number of carbonyl (C=O) groups is 2. The third-order valence-electron chi connectivity index (χ3n) is 3.31. The molecule has 0 aromatic heterocycles. The molecule has 2 amide bonds. The Morgan fingerprint density at radius 1 is 1.09 bits per heavy atom. The maximum absolute atomic E-state index is 12.4. The number of nitrogens with one attached hydrogen (secondary N) is 1. The first-order valence-electron chi connectivity index (χ1n) is 7.55. The van der Waals surface area contributed by atoms with E-state index in [1.807, 2.05) is 6.07 Å². The smallest absolute Gasteiger partial charge is 0.259 e. The highest BCUT2D eigenvalue weighted by Crippen LogP contribution is 2.20. The molecule has 0 fully saturated rings. The standard InChI is InChI=1S/C18H20N2O3/c1-2-3-12-23-16-7-5-4-6-15(16)18(22)20-14-10-8-13(9-11-14)17(19)21/h4-11H,2-3,12H2,1H3,(H2,19,21)(H,20,22). The van der Waals surface area contributed by atoms with E-state index < -0.39 is 5.91 Å². The summed E-state index contributed by atoms with van der Waals surface area (Å²) in [6.07, 6.45) is 1.96. The Labute approximate surface area is 135 Å². The molecule has 0 heterocycles. The summed E-state index contributed by atoms with van der Waals surface area (Å²) in [5, 5.41) is 2.78. The van der Waals surface area contributed by atoms with Gasteiger partial charge in [-0.25, -0.2) is 0 Å². The van der Waals surface area contributed by atoms with Gasteiger partial charge in [-0.3, -0.25) is 9.59 Å². The van der Waals surface area contributed by atoms with Crippen LogP contribution >= 0.6 is 0 Å². The summed E-state index contributed by atoms with van der Waals surface area (Å²) >= 11 is 0. The molecule has 5 nitrogen and oxygen atoms in total. The maximum Gasteiger partial charge on any atom is 0.259 e. The van der Waals surface area contributed by atoms with E-state index in [1.54, 1.807) is 42.5 Å². The summed E-state index contributed by atoms with van der Waals surface area (Å²) in [6, 6.07) is 13.5. The molecular weight excluding hydrogens is 292 g/mol. The fraction of sp³-hybridized carbons (Fsp3) is 0.222. The van der Waals surface area contributed by atoms with Crippen molar-refractivity contribution in [2.24, 2.45) is 5.73 Å². The highest BCUT2D eigenvalue weighted by Gasteiger charge is 2.12. The average molecular weight is 312 g/mol. The third-order valence-corrected chi connectivity index (χ3v) is 3.31. The number of nitrogens with two attached hydrogens (primary N) is 1. The van der Waals surface area contributed by atoms with Crippen molar-refractivity contribution in [2.75, 3.05) is 11.9 Å². The highest BCUT2D eigenvalue weighted by atomic mass is 16.5. The first-order valence-corrected chi connectivity index (χ1v) is 7.55. The lowest BCUT2D eigenvalue weighted by Crippen LogP contribution is -2.14. The van der Waals surface area contributed by atoms with Gasteiger partial charge in [-0.05, 0) is 42.8 Å². The van der Waals surface area contributed by atoms with Gasteiger partial charge in [-0.1, -0.05) is 25.5 Å². The van der Waals surface area contributed by atoms with Crippen molar-refractivity contribution >= 4 is 17.5 Å². The first-order chi connectivity index (χ1) is 11.1. The summed E-state index contributed by atoms with van der Waals surface area (Å²) in [4.78, 5) is 23.4. The summed E-state index contributed by atoms with van der Waals surface area (Å²) < 4.78 is 5.66. The van der Waals surface area contributed by atoms with E-state index in [2.05, 4.69) is 12.2 Å². The minimum atomic E-state index is -0.502. The third kappa shape index (κ3) is 4.57. The van der Waals surface area contributed by atoms with Gasteiger partial charge in [0.05, 0.1) is 12.2 Å². The maximum atomic E-state index is 12.4. The molecular formula is C18H20N2O3. The van der Waals surface area contributed by atoms with Crippen LogP contribution in [0.15, 0.2) is 48.5 Å². The molecule has 3 N–H and O–H groups in total. The van der Waals surface area contributed by atoms with Crippen LogP contribution in [0.4, 0.5) is 5.69 Å². The summed E-state index contributed by atoms with van der Waals surface area (Å²) in [6.45, 7) is 2.66. The van der Waals surface area contributed by atoms with Crippen LogP contribution in [0, 0.1) is 0 Å². The molecule has 23 heavy (non-hydrogen) atoms. The van der Waals surface area contributed by atoms with Crippen molar-refractivity contribution < 1.29 is 14.3 Å². The second-order valence-corrected chi connectivity index (χ2v) is 5.09. The van der Waals surface area contributed by atoms with Crippen molar-refractivity contribution in [3.05, 3.63) is 59.7 Å². The number of anilines is 1. The zero-order valence-electron chi connectivity index (χ0n) is 13.0. The lowest BCUT2D eigenvalue weighted by Gasteiger charge is -2.11. The Bertz CT molecular complexity index is 681. The number of rotatable bonds is 7. The second-order valence-electron chi connectivity index (χ2n) is 5.09. The van der Waals surface area contributed by atoms with Crippen molar-refractivity contribution in [1.82, 2.24) is 0 Å². The van der Waals surface area contributed by atoms with Crippen LogP contribution in [0.1, 0.15) is 40.5 Å². The van der Waals surface area contributed by atoms with Gasteiger partial charge in [0.15, 0.2) is 0 Å². The van der Waals surface area contributed by atoms with Crippen LogP contribution in [0.25, 0.3) is 0 Å². The van der Waals surface area contributed by atoms with Gasteiger partial charge in [0.25, 0.3) is 5.91 Å². The number of hydrogen-bond donors (Lipinski definition) is 2. The minimum Gasteiger partial charge on any atom is -0.493 e. The quantitative estimate of drug-likeness (QED) is 0.770. The summed E-state index contributed by atoms with van der Waals surface area (Å²) in [5.41, 5.74) is 6.65. The Morgan fingerprint density at radius 2 is 1.78 bits per heavy atom. The van der Waals surface area contributed by atoms with Gasteiger partial charge >= 0.3 is 0 Å². The van der Waals surface area contributed by atoms with Gasteiger partial charge in [0.2, 0.25) is 5.91 Å². The molecule has 0 aliphatic carbocycles. The van der Waals surface area contributed by atoms with Gasteiger partial charge < -0.3 is 15.8 Å². The molecule has 0 aliphatic heterocycles. The molecule has 2 aromatic rings. The molecule has 5 heteroatoms. The van der Waals surface area contributed by atoms with Gasteiger partial charge in [0, 0.05) is 11.3 Å². The van der Waals surface area contributed by atoms with Crippen LogP contribution in [-0.4, -0.2) is 18.4 Å². The zero-order valence-corrected chi connectivity index (χ0v) is 13.0. The highest BCUT2D eigenvalue weighted by molar-refractivity contribution is 6.06. The number of amides is 2.